The molecule has 0 aromatic heterocycles. The van der Waals surface area contributed by atoms with E-state index >= 15 is 0 Å². The summed E-state index contributed by atoms with van der Waals surface area (Å²) in [6, 6.07) is 0. The molecule has 0 amide bonds. The number of hydrogen-bond acceptors (Lipinski definition) is 6. The van der Waals surface area contributed by atoms with Crippen molar-refractivity contribution in [3.05, 3.63) is 0 Å². The van der Waals surface area contributed by atoms with Gasteiger partial charge < -0.3 is 28.4 Å². The average Bonchev–Trinajstić information content (AvgIpc) is 2.87. The Morgan fingerprint density at radius 1 is 0.947 bits per heavy atom. The number of rotatable bonds is 2. The number of methoxy groups -OCH3 is 1. The maximum Gasteiger partial charge on any atom is 0.190 e. The summed E-state index contributed by atoms with van der Waals surface area (Å²) in [5, 5.41) is 0. The molecule has 0 spiro atoms. The van der Waals surface area contributed by atoms with Crippen LogP contribution in [0, 0.1) is 0 Å². The van der Waals surface area contributed by atoms with Gasteiger partial charge in [-0.3, -0.25) is 0 Å². The van der Waals surface area contributed by atoms with Gasteiger partial charge in [0, 0.05) is 7.11 Å². The quantitative estimate of drug-likeness (QED) is 0.749. The Bertz CT molecular complexity index is 355. The molecule has 3 heterocycles. The lowest BCUT2D eigenvalue weighted by Crippen LogP contribution is -2.43. The molecule has 0 radical (unpaired) electrons. The van der Waals surface area contributed by atoms with Crippen molar-refractivity contribution in [1.29, 1.82) is 0 Å². The molecular formula is C13H22O6. The summed E-state index contributed by atoms with van der Waals surface area (Å²) in [4.78, 5) is 0. The van der Waals surface area contributed by atoms with Crippen molar-refractivity contribution in [3.8, 4) is 0 Å². The fraction of sp³-hybridized carbons (Fsp3) is 1.00. The van der Waals surface area contributed by atoms with Gasteiger partial charge in [0.25, 0.3) is 0 Å². The number of ether oxygens (including phenoxy) is 6. The lowest BCUT2D eigenvalue weighted by molar-refractivity contribution is -0.234. The minimum Gasteiger partial charge on any atom is -0.376 e. The first-order valence-electron chi connectivity index (χ1n) is 6.67. The summed E-state index contributed by atoms with van der Waals surface area (Å²) in [5.74, 6) is -1.21. The van der Waals surface area contributed by atoms with E-state index in [0.29, 0.717) is 6.61 Å². The molecule has 0 saturated carbocycles. The first kappa shape index (κ1) is 13.7. The largest absolute Gasteiger partial charge is 0.376 e. The third-order valence-corrected chi connectivity index (χ3v) is 3.70. The highest BCUT2D eigenvalue weighted by Gasteiger charge is 2.58. The van der Waals surface area contributed by atoms with Gasteiger partial charge in [-0.15, -0.1) is 0 Å². The Labute approximate surface area is 113 Å². The maximum absolute atomic E-state index is 5.92. The molecule has 0 aliphatic carbocycles. The van der Waals surface area contributed by atoms with Crippen LogP contribution in [-0.4, -0.2) is 56.0 Å². The van der Waals surface area contributed by atoms with Crippen LogP contribution in [0.25, 0.3) is 0 Å². The Morgan fingerprint density at radius 2 is 1.68 bits per heavy atom. The Balaban J connectivity index is 1.72. The average molecular weight is 274 g/mol. The van der Waals surface area contributed by atoms with Crippen molar-refractivity contribution in [2.24, 2.45) is 0 Å². The molecule has 110 valence electrons. The maximum atomic E-state index is 5.92. The van der Waals surface area contributed by atoms with Crippen LogP contribution in [-0.2, 0) is 28.4 Å². The first-order valence-corrected chi connectivity index (χ1v) is 6.67. The summed E-state index contributed by atoms with van der Waals surface area (Å²) in [6.45, 7) is 8.01. The van der Waals surface area contributed by atoms with Crippen LogP contribution in [0.15, 0.2) is 0 Å². The summed E-state index contributed by atoms with van der Waals surface area (Å²) in [7, 11) is 1.65. The van der Waals surface area contributed by atoms with Crippen LogP contribution in [0.5, 0.6) is 0 Å². The predicted octanol–water partition coefficient (Wildman–Crippen LogP) is 1.03. The fourth-order valence-corrected chi connectivity index (χ4v) is 2.95. The number of hydrogen-bond donors (Lipinski definition) is 0. The summed E-state index contributed by atoms with van der Waals surface area (Å²) >= 11 is 0. The van der Waals surface area contributed by atoms with Crippen molar-refractivity contribution in [3.63, 3.8) is 0 Å². The summed E-state index contributed by atoms with van der Waals surface area (Å²) < 4.78 is 34.5. The van der Waals surface area contributed by atoms with Crippen LogP contribution in [0.4, 0.5) is 0 Å². The first-order chi connectivity index (χ1) is 8.81. The van der Waals surface area contributed by atoms with Crippen molar-refractivity contribution in [2.75, 3.05) is 13.7 Å². The van der Waals surface area contributed by atoms with Gasteiger partial charge in [-0.1, -0.05) is 0 Å². The van der Waals surface area contributed by atoms with Crippen molar-refractivity contribution >= 4 is 0 Å². The van der Waals surface area contributed by atoms with Crippen LogP contribution in [0.3, 0.4) is 0 Å². The van der Waals surface area contributed by atoms with E-state index in [4.69, 9.17) is 28.4 Å². The molecule has 3 aliphatic rings. The second-order valence-corrected chi connectivity index (χ2v) is 6.14. The highest BCUT2D eigenvalue weighted by Crippen LogP contribution is 2.41. The van der Waals surface area contributed by atoms with Gasteiger partial charge in [0.05, 0.1) is 6.61 Å². The smallest absolute Gasteiger partial charge is 0.190 e. The minimum atomic E-state index is -0.636. The van der Waals surface area contributed by atoms with Gasteiger partial charge in [0.15, 0.2) is 17.9 Å². The molecule has 3 fully saturated rings. The topological polar surface area (TPSA) is 55.4 Å². The van der Waals surface area contributed by atoms with Gasteiger partial charge >= 0.3 is 0 Å². The molecular weight excluding hydrogens is 252 g/mol. The van der Waals surface area contributed by atoms with E-state index in [1.807, 2.05) is 27.7 Å². The Kier molecular flexibility index (Phi) is 3.16. The van der Waals surface area contributed by atoms with Gasteiger partial charge in [-0.2, -0.15) is 0 Å². The normalized spacial score (nSPS) is 47.5. The molecule has 19 heavy (non-hydrogen) atoms. The lowest BCUT2D eigenvalue weighted by atomic mass is 10.1. The molecule has 0 aromatic carbocycles. The van der Waals surface area contributed by atoms with Gasteiger partial charge in [-0.05, 0) is 27.7 Å². The van der Waals surface area contributed by atoms with Crippen molar-refractivity contribution < 1.29 is 28.4 Å². The van der Waals surface area contributed by atoms with E-state index in [-0.39, 0.29) is 24.4 Å². The summed E-state index contributed by atoms with van der Waals surface area (Å²) in [6.07, 6.45) is -1.25. The van der Waals surface area contributed by atoms with E-state index in [2.05, 4.69) is 0 Å². The van der Waals surface area contributed by atoms with E-state index in [1.54, 1.807) is 7.11 Å². The lowest BCUT2D eigenvalue weighted by Gasteiger charge is -2.28. The minimum absolute atomic E-state index is 0.166. The highest BCUT2D eigenvalue weighted by molar-refractivity contribution is 4.98. The molecule has 6 heteroatoms. The second-order valence-electron chi connectivity index (χ2n) is 6.14. The van der Waals surface area contributed by atoms with E-state index in [9.17, 15) is 0 Å². The van der Waals surface area contributed by atoms with Crippen LogP contribution in [0.2, 0.25) is 0 Å². The molecule has 0 N–H and O–H groups in total. The van der Waals surface area contributed by atoms with Crippen LogP contribution < -0.4 is 0 Å². The third kappa shape index (κ3) is 2.41. The zero-order valence-electron chi connectivity index (χ0n) is 12.0. The van der Waals surface area contributed by atoms with E-state index < -0.39 is 17.9 Å². The molecule has 0 aromatic rings. The molecule has 3 rings (SSSR count). The standard InChI is InChI=1S/C13H22O6/c1-12(2)15-6-7(17-12)8-9(14-5)10-11(16-8)19-13(3,4)18-10/h7-11H,6H2,1-5H3/t7-,8?,9+,10-,11-/m1/s1. The van der Waals surface area contributed by atoms with Gasteiger partial charge in [0.1, 0.15) is 24.4 Å². The zero-order chi connectivity index (χ0) is 13.8. The molecule has 6 nitrogen and oxygen atoms in total. The second kappa shape index (κ2) is 4.38. The van der Waals surface area contributed by atoms with Crippen molar-refractivity contribution in [1.82, 2.24) is 0 Å². The SMILES string of the molecule is CO[C@H]1C([C@H]2COC(C)(C)O2)O[C@@H]2OC(C)(C)O[C@@H]21. The summed E-state index contributed by atoms with van der Waals surface area (Å²) in [5.41, 5.74) is 0. The fourth-order valence-electron chi connectivity index (χ4n) is 2.95. The number of fused-ring (bicyclic) bond motifs is 1. The highest BCUT2D eigenvalue weighted by atomic mass is 16.8. The molecule has 5 atom stereocenters. The van der Waals surface area contributed by atoms with Gasteiger partial charge in [-0.25, -0.2) is 0 Å². The zero-order valence-corrected chi connectivity index (χ0v) is 12.0. The van der Waals surface area contributed by atoms with Crippen LogP contribution in [0.1, 0.15) is 27.7 Å². The van der Waals surface area contributed by atoms with Gasteiger partial charge in [0.2, 0.25) is 0 Å². The van der Waals surface area contributed by atoms with Crippen molar-refractivity contribution in [2.45, 2.75) is 70.0 Å². The third-order valence-electron chi connectivity index (χ3n) is 3.70. The monoisotopic (exact) mass is 274 g/mol. The van der Waals surface area contributed by atoms with Crippen LogP contribution >= 0.6 is 0 Å². The Hall–Kier alpha value is -0.240. The predicted molar refractivity (Wildman–Crippen MR) is 64.4 cm³/mol. The molecule has 3 aliphatic heterocycles. The van der Waals surface area contributed by atoms with E-state index in [1.165, 1.54) is 0 Å². The molecule has 3 saturated heterocycles. The Morgan fingerprint density at radius 3 is 2.26 bits per heavy atom. The molecule has 0 bridgehead atoms. The van der Waals surface area contributed by atoms with E-state index in [0.717, 1.165) is 0 Å². The molecule has 1 unspecified atom stereocenters.